The first kappa shape index (κ1) is 16.4. The van der Waals surface area contributed by atoms with Gasteiger partial charge in [0, 0.05) is 24.2 Å². The highest BCUT2D eigenvalue weighted by Crippen LogP contribution is 2.19. The molecule has 0 aliphatic carbocycles. The average molecular weight is 305 g/mol. The molecule has 2 N–H and O–H groups in total. The molecular formula is C13H21ClN2O2S. The molecule has 0 aliphatic rings. The number of nitrogens with one attached hydrogen (secondary N) is 2. The van der Waals surface area contributed by atoms with E-state index in [9.17, 15) is 8.42 Å². The average Bonchev–Trinajstić information content (AvgIpc) is 2.34. The fraction of sp³-hybridized carbons (Fsp3) is 0.538. The van der Waals surface area contributed by atoms with Crippen molar-refractivity contribution in [1.82, 2.24) is 10.0 Å². The summed E-state index contributed by atoms with van der Waals surface area (Å²) in [5.41, 5.74) is 1.08. The van der Waals surface area contributed by atoms with Crippen molar-refractivity contribution in [3.05, 3.63) is 34.9 Å². The van der Waals surface area contributed by atoms with Crippen LogP contribution >= 0.6 is 11.6 Å². The molecule has 1 rings (SSSR count). The van der Waals surface area contributed by atoms with Crippen molar-refractivity contribution in [1.29, 1.82) is 0 Å². The molecule has 4 nitrogen and oxygen atoms in total. The standard InChI is InChI=1S/C13H21ClN2O2S/c1-3-13(11-6-5-7-12(14)10-11)15-8-9-19(17,18)16-4-2/h5-7,10,13,15-16H,3-4,8-9H2,1-2H3. The Morgan fingerprint density at radius 3 is 2.63 bits per heavy atom. The first-order chi connectivity index (χ1) is 8.98. The molecular weight excluding hydrogens is 284 g/mol. The number of benzene rings is 1. The van der Waals surface area contributed by atoms with Gasteiger partial charge >= 0.3 is 0 Å². The molecule has 0 spiro atoms. The second-order valence-corrected chi connectivity index (χ2v) is 6.65. The summed E-state index contributed by atoms with van der Waals surface area (Å²) in [6.45, 7) is 4.66. The molecule has 0 aromatic heterocycles. The van der Waals surface area contributed by atoms with Crippen LogP contribution in [0.3, 0.4) is 0 Å². The predicted molar refractivity (Wildman–Crippen MR) is 80.0 cm³/mol. The van der Waals surface area contributed by atoms with Crippen LogP contribution in [0.5, 0.6) is 0 Å². The zero-order chi connectivity index (χ0) is 14.3. The van der Waals surface area contributed by atoms with Gasteiger partial charge in [0.25, 0.3) is 0 Å². The van der Waals surface area contributed by atoms with Crippen LogP contribution in [0.2, 0.25) is 5.02 Å². The summed E-state index contributed by atoms with van der Waals surface area (Å²) < 4.78 is 25.5. The molecule has 0 bridgehead atoms. The van der Waals surface area contributed by atoms with E-state index in [1.807, 2.05) is 24.3 Å². The Labute approximate surface area is 120 Å². The summed E-state index contributed by atoms with van der Waals surface area (Å²) in [5, 5.41) is 3.94. The molecule has 1 atom stereocenters. The zero-order valence-corrected chi connectivity index (χ0v) is 12.9. The zero-order valence-electron chi connectivity index (χ0n) is 11.3. The van der Waals surface area contributed by atoms with E-state index in [-0.39, 0.29) is 11.8 Å². The van der Waals surface area contributed by atoms with Crippen LogP contribution < -0.4 is 10.0 Å². The van der Waals surface area contributed by atoms with Crippen molar-refractivity contribution in [3.8, 4) is 0 Å². The van der Waals surface area contributed by atoms with Crippen molar-refractivity contribution in [3.63, 3.8) is 0 Å². The van der Waals surface area contributed by atoms with E-state index in [1.54, 1.807) is 6.92 Å². The highest BCUT2D eigenvalue weighted by atomic mass is 35.5. The molecule has 1 unspecified atom stereocenters. The molecule has 6 heteroatoms. The lowest BCUT2D eigenvalue weighted by Gasteiger charge is -2.17. The molecule has 0 radical (unpaired) electrons. The second-order valence-electron chi connectivity index (χ2n) is 4.29. The monoisotopic (exact) mass is 304 g/mol. The smallest absolute Gasteiger partial charge is 0.212 e. The Balaban J connectivity index is 2.55. The van der Waals surface area contributed by atoms with Gasteiger partial charge in [-0.05, 0) is 24.1 Å². The second kappa shape index (κ2) is 7.85. The Morgan fingerprint density at radius 2 is 2.05 bits per heavy atom. The number of sulfonamides is 1. The fourth-order valence-electron chi connectivity index (χ4n) is 1.88. The van der Waals surface area contributed by atoms with Gasteiger partial charge in [-0.2, -0.15) is 0 Å². The van der Waals surface area contributed by atoms with Crippen LogP contribution in [0, 0.1) is 0 Å². The van der Waals surface area contributed by atoms with Crippen LogP contribution in [0.15, 0.2) is 24.3 Å². The van der Waals surface area contributed by atoms with Gasteiger partial charge in [0.1, 0.15) is 0 Å². The third kappa shape index (κ3) is 5.91. The minimum atomic E-state index is -3.16. The van der Waals surface area contributed by atoms with Gasteiger partial charge in [0.05, 0.1) is 5.75 Å². The Morgan fingerprint density at radius 1 is 1.32 bits per heavy atom. The maximum Gasteiger partial charge on any atom is 0.212 e. The predicted octanol–water partition coefficient (Wildman–Crippen LogP) is 2.32. The van der Waals surface area contributed by atoms with Crippen LogP contribution in [0.4, 0.5) is 0 Å². The van der Waals surface area contributed by atoms with Crippen molar-refractivity contribution in [2.75, 3.05) is 18.8 Å². The lowest BCUT2D eigenvalue weighted by atomic mass is 10.0. The largest absolute Gasteiger partial charge is 0.309 e. The maximum atomic E-state index is 11.5. The molecule has 0 amide bonds. The summed E-state index contributed by atoms with van der Waals surface area (Å²) in [6.07, 6.45) is 0.877. The van der Waals surface area contributed by atoms with Gasteiger partial charge in [-0.1, -0.05) is 37.6 Å². The van der Waals surface area contributed by atoms with Crippen LogP contribution in [0.25, 0.3) is 0 Å². The van der Waals surface area contributed by atoms with Gasteiger partial charge < -0.3 is 5.32 Å². The van der Waals surface area contributed by atoms with Crippen molar-refractivity contribution in [2.45, 2.75) is 26.3 Å². The summed E-state index contributed by atoms with van der Waals surface area (Å²) in [4.78, 5) is 0. The first-order valence-corrected chi connectivity index (χ1v) is 8.47. The normalized spacial score (nSPS) is 13.4. The maximum absolute atomic E-state index is 11.5. The van der Waals surface area contributed by atoms with Crippen molar-refractivity contribution < 1.29 is 8.42 Å². The van der Waals surface area contributed by atoms with Crippen molar-refractivity contribution in [2.24, 2.45) is 0 Å². The van der Waals surface area contributed by atoms with E-state index in [1.165, 1.54) is 0 Å². The first-order valence-electron chi connectivity index (χ1n) is 6.44. The molecule has 1 aromatic carbocycles. The minimum absolute atomic E-state index is 0.0813. The van der Waals surface area contributed by atoms with E-state index < -0.39 is 10.0 Å². The SMILES string of the molecule is CCNS(=O)(=O)CCNC(CC)c1cccc(Cl)c1. The Bertz CT molecular complexity index is 491. The van der Waals surface area contributed by atoms with E-state index in [4.69, 9.17) is 11.6 Å². The van der Waals surface area contributed by atoms with Crippen molar-refractivity contribution >= 4 is 21.6 Å². The molecule has 1 aromatic rings. The number of rotatable bonds is 8. The van der Waals surface area contributed by atoms with Gasteiger partial charge in [-0.15, -0.1) is 0 Å². The van der Waals surface area contributed by atoms with E-state index in [2.05, 4.69) is 17.0 Å². The van der Waals surface area contributed by atoms with E-state index >= 15 is 0 Å². The molecule has 0 heterocycles. The third-order valence-corrected chi connectivity index (χ3v) is 4.49. The number of hydrogen-bond donors (Lipinski definition) is 2. The van der Waals surface area contributed by atoms with Crippen LogP contribution in [-0.4, -0.2) is 27.3 Å². The van der Waals surface area contributed by atoms with Gasteiger partial charge in [-0.25, -0.2) is 13.1 Å². The van der Waals surface area contributed by atoms with E-state index in [0.717, 1.165) is 12.0 Å². The highest BCUT2D eigenvalue weighted by Gasteiger charge is 2.12. The molecule has 19 heavy (non-hydrogen) atoms. The summed E-state index contributed by atoms with van der Waals surface area (Å²) in [7, 11) is -3.16. The summed E-state index contributed by atoms with van der Waals surface area (Å²) in [6, 6.07) is 7.74. The topological polar surface area (TPSA) is 58.2 Å². The van der Waals surface area contributed by atoms with Crippen LogP contribution in [-0.2, 0) is 10.0 Å². The quantitative estimate of drug-likeness (QED) is 0.775. The fourth-order valence-corrected chi connectivity index (χ4v) is 3.05. The number of hydrogen-bond acceptors (Lipinski definition) is 3. The molecule has 0 saturated carbocycles. The molecule has 0 saturated heterocycles. The number of halogens is 1. The minimum Gasteiger partial charge on any atom is -0.309 e. The third-order valence-electron chi connectivity index (χ3n) is 2.79. The van der Waals surface area contributed by atoms with Crippen LogP contribution in [0.1, 0.15) is 31.9 Å². The Kier molecular flexibility index (Phi) is 6.79. The lowest BCUT2D eigenvalue weighted by molar-refractivity contribution is 0.529. The van der Waals surface area contributed by atoms with Gasteiger partial charge in [0.2, 0.25) is 10.0 Å². The van der Waals surface area contributed by atoms with Gasteiger partial charge in [-0.3, -0.25) is 0 Å². The molecule has 108 valence electrons. The van der Waals surface area contributed by atoms with Gasteiger partial charge in [0.15, 0.2) is 0 Å². The molecule has 0 aliphatic heterocycles. The Hall–Kier alpha value is -0.620. The molecule has 0 fully saturated rings. The lowest BCUT2D eigenvalue weighted by Crippen LogP contribution is -2.33. The summed E-state index contributed by atoms with van der Waals surface area (Å²) >= 11 is 5.96. The van der Waals surface area contributed by atoms with E-state index in [0.29, 0.717) is 18.1 Å². The summed E-state index contributed by atoms with van der Waals surface area (Å²) in [5.74, 6) is 0.0813. The highest BCUT2D eigenvalue weighted by molar-refractivity contribution is 7.89.